The average molecular weight is 331 g/mol. The van der Waals surface area contributed by atoms with Crippen LogP contribution in [0.1, 0.15) is 17.2 Å². The first-order valence-corrected chi connectivity index (χ1v) is 6.90. The minimum Gasteiger partial charge on any atom is -0.464 e. The highest BCUT2D eigenvalue weighted by Gasteiger charge is 2.18. The summed E-state index contributed by atoms with van der Waals surface area (Å²) < 4.78 is 6.18. The van der Waals surface area contributed by atoms with E-state index in [0.717, 1.165) is 4.47 Å². The van der Waals surface area contributed by atoms with E-state index in [1.807, 2.05) is 18.2 Å². The molecule has 1 aromatic heterocycles. The van der Waals surface area contributed by atoms with Crippen LogP contribution in [0, 0.1) is 0 Å². The predicted molar refractivity (Wildman–Crippen MR) is 80.7 cm³/mol. The van der Waals surface area contributed by atoms with Crippen molar-refractivity contribution in [2.45, 2.75) is 6.10 Å². The van der Waals surface area contributed by atoms with Crippen molar-refractivity contribution in [3.8, 4) is 0 Å². The highest BCUT2D eigenvalue weighted by molar-refractivity contribution is 9.10. The fourth-order valence-corrected chi connectivity index (χ4v) is 2.65. The molecule has 0 aliphatic rings. The zero-order valence-electron chi connectivity index (χ0n) is 10.4. The molecule has 3 nitrogen and oxygen atoms in total. The summed E-state index contributed by atoms with van der Waals surface area (Å²) in [5, 5.41) is 10.9. The van der Waals surface area contributed by atoms with E-state index in [2.05, 4.69) is 15.9 Å². The van der Waals surface area contributed by atoms with Gasteiger partial charge in [-0.05, 0) is 23.8 Å². The SMILES string of the molecule is O=c1c(C(O)c2ccccc2Br)coc2ccccc12. The lowest BCUT2D eigenvalue weighted by atomic mass is 10.0. The van der Waals surface area contributed by atoms with Crippen molar-refractivity contribution in [3.63, 3.8) is 0 Å². The number of aliphatic hydroxyl groups is 1. The van der Waals surface area contributed by atoms with Crippen LogP contribution in [0.2, 0.25) is 0 Å². The number of fused-ring (bicyclic) bond motifs is 1. The molecular formula is C16H11BrO3. The molecule has 0 aliphatic heterocycles. The minimum absolute atomic E-state index is 0.213. The number of hydrogen-bond acceptors (Lipinski definition) is 3. The van der Waals surface area contributed by atoms with Gasteiger partial charge in [-0.2, -0.15) is 0 Å². The van der Waals surface area contributed by atoms with Gasteiger partial charge in [0.25, 0.3) is 0 Å². The topological polar surface area (TPSA) is 50.4 Å². The summed E-state index contributed by atoms with van der Waals surface area (Å²) in [6.45, 7) is 0. The van der Waals surface area contributed by atoms with E-state index >= 15 is 0 Å². The van der Waals surface area contributed by atoms with Crippen molar-refractivity contribution >= 4 is 26.9 Å². The molecule has 20 heavy (non-hydrogen) atoms. The zero-order valence-corrected chi connectivity index (χ0v) is 12.0. The van der Waals surface area contributed by atoms with Crippen molar-refractivity contribution in [1.82, 2.24) is 0 Å². The molecule has 3 rings (SSSR count). The van der Waals surface area contributed by atoms with E-state index in [1.54, 1.807) is 30.3 Å². The van der Waals surface area contributed by atoms with Gasteiger partial charge in [0.2, 0.25) is 0 Å². The van der Waals surface area contributed by atoms with Gasteiger partial charge in [0, 0.05) is 4.47 Å². The highest BCUT2D eigenvalue weighted by Crippen LogP contribution is 2.27. The lowest BCUT2D eigenvalue weighted by molar-refractivity contribution is 0.216. The molecule has 0 saturated heterocycles. The van der Waals surface area contributed by atoms with E-state index in [-0.39, 0.29) is 11.0 Å². The molecule has 100 valence electrons. The lowest BCUT2D eigenvalue weighted by Gasteiger charge is -2.12. The van der Waals surface area contributed by atoms with E-state index < -0.39 is 6.10 Å². The van der Waals surface area contributed by atoms with Crippen molar-refractivity contribution in [2.24, 2.45) is 0 Å². The lowest BCUT2D eigenvalue weighted by Crippen LogP contribution is -2.14. The predicted octanol–water partition coefficient (Wildman–Crippen LogP) is 3.64. The second kappa shape index (κ2) is 5.23. The Kier molecular flexibility index (Phi) is 3.42. The summed E-state index contributed by atoms with van der Waals surface area (Å²) in [5.41, 5.74) is 1.17. The molecule has 0 bridgehead atoms. The van der Waals surface area contributed by atoms with Gasteiger partial charge in [-0.15, -0.1) is 0 Å². The molecule has 0 amide bonds. The molecule has 1 unspecified atom stereocenters. The Morgan fingerprint density at radius 1 is 1.00 bits per heavy atom. The van der Waals surface area contributed by atoms with Crippen molar-refractivity contribution in [2.75, 3.05) is 0 Å². The van der Waals surface area contributed by atoms with Crippen LogP contribution in [-0.4, -0.2) is 5.11 Å². The van der Waals surface area contributed by atoms with Gasteiger partial charge in [-0.25, -0.2) is 0 Å². The standard InChI is InChI=1S/C16H11BrO3/c17-13-7-3-1-5-10(13)15(18)12-9-20-14-8-4-2-6-11(14)16(12)19/h1-9,15,18H. The highest BCUT2D eigenvalue weighted by atomic mass is 79.9. The molecule has 0 aliphatic carbocycles. The maximum Gasteiger partial charge on any atom is 0.198 e. The third-order valence-corrected chi connectivity index (χ3v) is 3.92. The number of benzene rings is 2. The fraction of sp³-hybridized carbons (Fsp3) is 0.0625. The number of para-hydroxylation sites is 1. The van der Waals surface area contributed by atoms with Gasteiger partial charge in [0.15, 0.2) is 5.43 Å². The van der Waals surface area contributed by atoms with Crippen molar-refractivity contribution < 1.29 is 9.52 Å². The van der Waals surface area contributed by atoms with E-state index in [4.69, 9.17) is 4.42 Å². The number of rotatable bonds is 2. The maximum atomic E-state index is 12.4. The molecular weight excluding hydrogens is 320 g/mol. The number of halogens is 1. The summed E-state index contributed by atoms with van der Waals surface area (Å²) in [6.07, 6.45) is 0.306. The third-order valence-electron chi connectivity index (χ3n) is 3.20. The normalized spacial score (nSPS) is 12.5. The quantitative estimate of drug-likeness (QED) is 0.780. The fourth-order valence-electron chi connectivity index (χ4n) is 2.15. The van der Waals surface area contributed by atoms with Crippen LogP contribution in [0.25, 0.3) is 11.0 Å². The molecule has 1 heterocycles. The van der Waals surface area contributed by atoms with Crippen molar-refractivity contribution in [1.29, 1.82) is 0 Å². The summed E-state index contributed by atoms with van der Waals surface area (Å²) in [7, 11) is 0. The van der Waals surface area contributed by atoms with Gasteiger partial charge >= 0.3 is 0 Å². The summed E-state index contributed by atoms with van der Waals surface area (Å²) in [5.74, 6) is 0. The largest absolute Gasteiger partial charge is 0.464 e. The Morgan fingerprint density at radius 3 is 2.50 bits per heavy atom. The molecule has 0 spiro atoms. The molecule has 4 heteroatoms. The molecule has 1 N–H and O–H groups in total. The van der Waals surface area contributed by atoms with E-state index in [1.165, 1.54) is 6.26 Å². The summed E-state index contributed by atoms with van der Waals surface area (Å²) in [4.78, 5) is 12.4. The molecule has 0 radical (unpaired) electrons. The molecule has 0 saturated carbocycles. The minimum atomic E-state index is -1.02. The Morgan fingerprint density at radius 2 is 1.70 bits per heavy atom. The molecule has 3 aromatic rings. The van der Waals surface area contributed by atoms with Crippen LogP contribution in [0.4, 0.5) is 0 Å². The van der Waals surface area contributed by atoms with Crippen LogP contribution in [-0.2, 0) is 0 Å². The molecule has 2 aromatic carbocycles. The van der Waals surface area contributed by atoms with Crippen LogP contribution < -0.4 is 5.43 Å². The summed E-state index contributed by atoms with van der Waals surface area (Å²) in [6, 6.07) is 14.2. The van der Waals surface area contributed by atoms with Crippen LogP contribution in [0.3, 0.4) is 0 Å². The summed E-state index contributed by atoms with van der Waals surface area (Å²) >= 11 is 3.38. The maximum absolute atomic E-state index is 12.4. The monoisotopic (exact) mass is 330 g/mol. The van der Waals surface area contributed by atoms with E-state index in [9.17, 15) is 9.90 Å². The van der Waals surface area contributed by atoms with Gasteiger partial charge in [0.1, 0.15) is 18.0 Å². The Labute approximate surface area is 123 Å². The number of aliphatic hydroxyl groups excluding tert-OH is 1. The number of hydrogen-bond donors (Lipinski definition) is 1. The van der Waals surface area contributed by atoms with Gasteiger partial charge in [-0.3, -0.25) is 4.79 Å². The Bertz CT molecular complexity index is 823. The van der Waals surface area contributed by atoms with E-state index in [0.29, 0.717) is 16.5 Å². The molecule has 1 atom stereocenters. The first kappa shape index (κ1) is 13.1. The first-order valence-electron chi connectivity index (χ1n) is 6.11. The zero-order chi connectivity index (χ0) is 14.1. The van der Waals surface area contributed by atoms with Crippen LogP contribution >= 0.6 is 15.9 Å². The molecule has 0 fully saturated rings. The second-order valence-electron chi connectivity index (χ2n) is 4.44. The van der Waals surface area contributed by atoms with Crippen molar-refractivity contribution in [3.05, 3.63) is 80.6 Å². The van der Waals surface area contributed by atoms with Crippen LogP contribution in [0.15, 0.2) is 68.5 Å². The third kappa shape index (κ3) is 2.17. The second-order valence-corrected chi connectivity index (χ2v) is 5.29. The average Bonchev–Trinajstić information content (AvgIpc) is 2.48. The smallest absolute Gasteiger partial charge is 0.198 e. The Balaban J connectivity index is 2.18. The van der Waals surface area contributed by atoms with Gasteiger partial charge < -0.3 is 9.52 Å². The first-order chi connectivity index (χ1) is 9.68. The van der Waals surface area contributed by atoms with Gasteiger partial charge in [-0.1, -0.05) is 46.3 Å². The Hall–Kier alpha value is -1.91. The van der Waals surface area contributed by atoms with Gasteiger partial charge in [0.05, 0.1) is 10.9 Å². The van der Waals surface area contributed by atoms with Crippen LogP contribution in [0.5, 0.6) is 0 Å².